The van der Waals surface area contributed by atoms with Crippen LogP contribution >= 0.6 is 38.9 Å². The van der Waals surface area contributed by atoms with E-state index < -0.39 is 0 Å². The number of nitrogens with one attached hydrogen (secondary N) is 1. The summed E-state index contributed by atoms with van der Waals surface area (Å²) in [6.45, 7) is 0.409. The number of thiazole rings is 1. The van der Waals surface area contributed by atoms with Gasteiger partial charge in [0.1, 0.15) is 5.01 Å². The summed E-state index contributed by atoms with van der Waals surface area (Å²) >= 11 is 10.9. The van der Waals surface area contributed by atoms with Gasteiger partial charge >= 0.3 is 0 Å². The van der Waals surface area contributed by atoms with Crippen LogP contribution in [0, 0.1) is 0 Å². The summed E-state index contributed by atoms with van der Waals surface area (Å²) in [5, 5.41) is 4.26. The molecule has 2 aromatic carbocycles. The number of aromatic nitrogens is 1. The molecule has 106 valence electrons. The molecule has 1 N–H and O–H groups in total. The maximum atomic E-state index is 12.1. The number of hydrogen-bond donors (Lipinski definition) is 1. The summed E-state index contributed by atoms with van der Waals surface area (Å²) in [7, 11) is 0. The third-order valence-corrected chi connectivity index (χ3v) is 5.19. The predicted molar refractivity (Wildman–Crippen MR) is 89.9 cm³/mol. The molecule has 1 amide bonds. The smallest absolute Gasteiger partial charge is 0.251 e. The number of carbonyl (C=O) groups is 1. The molecule has 0 aliphatic heterocycles. The number of amides is 1. The number of hydrogen-bond acceptors (Lipinski definition) is 3. The van der Waals surface area contributed by atoms with Crippen LogP contribution in [0.3, 0.4) is 0 Å². The number of halogens is 2. The molecule has 6 heteroatoms. The summed E-state index contributed by atoms with van der Waals surface area (Å²) in [6.07, 6.45) is 0. The van der Waals surface area contributed by atoms with E-state index >= 15 is 0 Å². The molecule has 0 aliphatic rings. The number of benzene rings is 2. The Kier molecular flexibility index (Phi) is 4.24. The largest absolute Gasteiger partial charge is 0.346 e. The second-order valence-electron chi connectivity index (χ2n) is 4.39. The van der Waals surface area contributed by atoms with Gasteiger partial charge in [-0.05, 0) is 46.3 Å². The summed E-state index contributed by atoms with van der Waals surface area (Å²) in [4.78, 5) is 16.6. The first kappa shape index (κ1) is 14.5. The zero-order valence-electron chi connectivity index (χ0n) is 10.8. The highest BCUT2D eigenvalue weighted by Gasteiger charge is 2.09. The van der Waals surface area contributed by atoms with Gasteiger partial charge in [0, 0.05) is 10.0 Å². The first-order chi connectivity index (χ1) is 10.1. The topological polar surface area (TPSA) is 42.0 Å². The third kappa shape index (κ3) is 3.26. The number of nitrogens with zero attached hydrogens (tertiary/aromatic N) is 1. The van der Waals surface area contributed by atoms with Crippen LogP contribution in [0.4, 0.5) is 0 Å². The van der Waals surface area contributed by atoms with E-state index in [0.717, 1.165) is 19.7 Å². The SMILES string of the molecule is O=C(NCc1nc2ccccc2s1)c1ccc(Br)c(Cl)c1. The Labute approximate surface area is 139 Å². The first-order valence-electron chi connectivity index (χ1n) is 6.21. The van der Waals surface area contributed by atoms with Crippen molar-refractivity contribution in [1.29, 1.82) is 0 Å². The minimum absolute atomic E-state index is 0.163. The van der Waals surface area contributed by atoms with E-state index in [0.29, 0.717) is 17.1 Å². The molecule has 3 aromatic rings. The fourth-order valence-corrected chi connectivity index (χ4v) is 3.23. The zero-order chi connectivity index (χ0) is 14.8. The molecule has 0 saturated carbocycles. The molecule has 0 radical (unpaired) electrons. The Morgan fingerprint density at radius 2 is 2.10 bits per heavy atom. The summed E-state index contributed by atoms with van der Waals surface area (Å²) < 4.78 is 1.89. The molecule has 1 heterocycles. The first-order valence-corrected chi connectivity index (χ1v) is 8.20. The average molecular weight is 382 g/mol. The molecule has 0 saturated heterocycles. The highest BCUT2D eigenvalue weighted by Crippen LogP contribution is 2.24. The van der Waals surface area contributed by atoms with E-state index in [1.807, 2.05) is 24.3 Å². The van der Waals surface area contributed by atoms with Crippen LogP contribution in [0.2, 0.25) is 5.02 Å². The number of carbonyl (C=O) groups excluding carboxylic acids is 1. The van der Waals surface area contributed by atoms with Crippen LogP contribution in [-0.2, 0) is 6.54 Å². The lowest BCUT2D eigenvalue weighted by molar-refractivity contribution is 0.0951. The highest BCUT2D eigenvalue weighted by molar-refractivity contribution is 9.10. The molecule has 0 aliphatic carbocycles. The van der Waals surface area contributed by atoms with E-state index in [1.165, 1.54) is 0 Å². The quantitative estimate of drug-likeness (QED) is 0.718. The molecule has 3 nitrogen and oxygen atoms in total. The molecule has 0 bridgehead atoms. The van der Waals surface area contributed by atoms with Crippen LogP contribution in [0.25, 0.3) is 10.2 Å². The van der Waals surface area contributed by atoms with Crippen LogP contribution in [0.5, 0.6) is 0 Å². The minimum Gasteiger partial charge on any atom is -0.346 e. The molecule has 0 unspecified atom stereocenters. The van der Waals surface area contributed by atoms with Crippen molar-refractivity contribution in [3.8, 4) is 0 Å². The molecule has 0 spiro atoms. The monoisotopic (exact) mass is 380 g/mol. The van der Waals surface area contributed by atoms with Crippen molar-refractivity contribution in [3.05, 3.63) is 62.5 Å². The molecule has 0 atom stereocenters. The van der Waals surface area contributed by atoms with E-state index in [-0.39, 0.29) is 5.91 Å². The number of fused-ring (bicyclic) bond motifs is 1. The van der Waals surface area contributed by atoms with Crippen molar-refractivity contribution >= 4 is 55.0 Å². The van der Waals surface area contributed by atoms with Crippen molar-refractivity contribution < 1.29 is 4.79 Å². The Hall–Kier alpha value is -1.43. The van der Waals surface area contributed by atoms with Crippen LogP contribution in [0.1, 0.15) is 15.4 Å². The highest BCUT2D eigenvalue weighted by atomic mass is 79.9. The van der Waals surface area contributed by atoms with Crippen molar-refractivity contribution in [2.75, 3.05) is 0 Å². The standard InChI is InChI=1S/C15H10BrClN2OS/c16-10-6-5-9(7-11(10)17)15(20)18-8-14-19-12-3-1-2-4-13(12)21-14/h1-7H,8H2,(H,18,20). The van der Waals surface area contributed by atoms with Gasteiger partial charge in [-0.15, -0.1) is 11.3 Å². The van der Waals surface area contributed by atoms with Gasteiger partial charge in [0.05, 0.1) is 21.8 Å². The lowest BCUT2D eigenvalue weighted by Crippen LogP contribution is -2.22. The fourth-order valence-electron chi connectivity index (χ4n) is 1.89. The van der Waals surface area contributed by atoms with Gasteiger partial charge in [-0.1, -0.05) is 23.7 Å². The minimum atomic E-state index is -0.163. The second-order valence-corrected chi connectivity index (χ2v) is 6.76. The Bertz CT molecular complexity index is 785. The van der Waals surface area contributed by atoms with Crippen molar-refractivity contribution in [2.24, 2.45) is 0 Å². The van der Waals surface area contributed by atoms with Crippen LogP contribution < -0.4 is 5.32 Å². The molecule has 3 rings (SSSR count). The van der Waals surface area contributed by atoms with Gasteiger partial charge in [0.25, 0.3) is 5.91 Å². The maximum absolute atomic E-state index is 12.1. The molecule has 0 fully saturated rings. The average Bonchev–Trinajstić information content (AvgIpc) is 2.90. The fraction of sp³-hybridized carbons (Fsp3) is 0.0667. The lowest BCUT2D eigenvalue weighted by atomic mass is 10.2. The molecule has 21 heavy (non-hydrogen) atoms. The number of para-hydroxylation sites is 1. The van der Waals surface area contributed by atoms with Crippen molar-refractivity contribution in [2.45, 2.75) is 6.54 Å². The summed E-state index contributed by atoms with van der Waals surface area (Å²) in [6, 6.07) is 13.0. The van der Waals surface area contributed by atoms with E-state index in [2.05, 4.69) is 26.2 Å². The maximum Gasteiger partial charge on any atom is 0.251 e. The van der Waals surface area contributed by atoms with Gasteiger partial charge < -0.3 is 5.32 Å². The van der Waals surface area contributed by atoms with Crippen LogP contribution in [0.15, 0.2) is 46.9 Å². The normalized spacial score (nSPS) is 10.8. The molecular formula is C15H10BrClN2OS. The summed E-state index contributed by atoms with van der Waals surface area (Å²) in [5.41, 5.74) is 1.49. The van der Waals surface area contributed by atoms with E-state index in [9.17, 15) is 4.79 Å². The summed E-state index contributed by atoms with van der Waals surface area (Å²) in [5.74, 6) is -0.163. The van der Waals surface area contributed by atoms with Gasteiger partial charge in [0.15, 0.2) is 0 Å². The van der Waals surface area contributed by atoms with Crippen molar-refractivity contribution in [3.63, 3.8) is 0 Å². The molecular weight excluding hydrogens is 372 g/mol. The van der Waals surface area contributed by atoms with Gasteiger partial charge in [0.2, 0.25) is 0 Å². The van der Waals surface area contributed by atoms with Gasteiger partial charge in [-0.25, -0.2) is 4.98 Å². The second kappa shape index (κ2) is 6.13. The predicted octanol–water partition coefficient (Wildman–Crippen LogP) is 4.64. The third-order valence-electron chi connectivity index (χ3n) is 2.92. The van der Waals surface area contributed by atoms with E-state index in [4.69, 9.17) is 11.6 Å². The Morgan fingerprint density at radius 1 is 1.29 bits per heavy atom. The van der Waals surface area contributed by atoms with E-state index in [1.54, 1.807) is 29.5 Å². The van der Waals surface area contributed by atoms with Crippen LogP contribution in [-0.4, -0.2) is 10.9 Å². The Morgan fingerprint density at radius 3 is 2.86 bits per heavy atom. The Balaban J connectivity index is 1.71. The molecule has 1 aromatic heterocycles. The van der Waals surface area contributed by atoms with Gasteiger partial charge in [-0.3, -0.25) is 4.79 Å². The van der Waals surface area contributed by atoms with Gasteiger partial charge in [-0.2, -0.15) is 0 Å². The number of rotatable bonds is 3. The zero-order valence-corrected chi connectivity index (χ0v) is 13.9. The van der Waals surface area contributed by atoms with Crippen molar-refractivity contribution in [1.82, 2.24) is 10.3 Å². The lowest BCUT2D eigenvalue weighted by Gasteiger charge is -2.04.